The van der Waals surface area contributed by atoms with E-state index in [2.05, 4.69) is 15.1 Å². The third kappa shape index (κ3) is 2.34. The molecule has 1 heterocycles. The number of carbonyl (C=O) groups is 1. The molecule has 0 unspecified atom stereocenters. The Labute approximate surface area is 93.3 Å². The van der Waals surface area contributed by atoms with Crippen LogP contribution < -0.4 is 4.90 Å². The van der Waals surface area contributed by atoms with E-state index in [9.17, 15) is 4.79 Å². The lowest BCUT2D eigenvalue weighted by Gasteiger charge is -2.29. The average molecular weight is 225 g/mol. The van der Waals surface area contributed by atoms with Gasteiger partial charge in [-0.1, -0.05) is 11.3 Å². The van der Waals surface area contributed by atoms with Gasteiger partial charge >= 0.3 is 0 Å². The molecule has 0 N–H and O–H groups in total. The molecule has 1 aromatic heterocycles. The highest BCUT2D eigenvalue weighted by Crippen LogP contribution is 2.26. The standard InChI is InChI=1S/C10H15N3OS/c1-7-11-12-10(15-7)13(2)8-3-5-9(14)6-4-8/h8H,3-6H2,1-2H3. The lowest BCUT2D eigenvalue weighted by Crippen LogP contribution is -2.35. The molecule has 4 nitrogen and oxygen atoms in total. The van der Waals surface area contributed by atoms with Crippen molar-refractivity contribution in [2.45, 2.75) is 38.6 Å². The monoisotopic (exact) mass is 225 g/mol. The van der Waals surface area contributed by atoms with Gasteiger partial charge in [0.1, 0.15) is 10.8 Å². The quantitative estimate of drug-likeness (QED) is 0.770. The van der Waals surface area contributed by atoms with Gasteiger partial charge in [0, 0.05) is 25.9 Å². The number of ketones is 1. The summed E-state index contributed by atoms with van der Waals surface area (Å²) < 4.78 is 0. The highest BCUT2D eigenvalue weighted by molar-refractivity contribution is 7.15. The van der Waals surface area contributed by atoms with Crippen LogP contribution in [0.15, 0.2) is 0 Å². The number of rotatable bonds is 2. The fourth-order valence-electron chi connectivity index (χ4n) is 1.90. The van der Waals surface area contributed by atoms with E-state index in [4.69, 9.17) is 0 Å². The molecular weight excluding hydrogens is 210 g/mol. The zero-order valence-corrected chi connectivity index (χ0v) is 9.88. The maximum absolute atomic E-state index is 11.1. The summed E-state index contributed by atoms with van der Waals surface area (Å²) in [7, 11) is 2.04. The molecule has 0 amide bonds. The molecule has 1 aromatic rings. The van der Waals surface area contributed by atoms with E-state index in [-0.39, 0.29) is 0 Å². The maximum atomic E-state index is 11.1. The highest BCUT2D eigenvalue weighted by atomic mass is 32.1. The number of aromatic nitrogens is 2. The summed E-state index contributed by atoms with van der Waals surface area (Å²) in [4.78, 5) is 13.3. The third-order valence-corrected chi connectivity index (χ3v) is 3.81. The Bertz CT molecular complexity index is 353. The summed E-state index contributed by atoms with van der Waals surface area (Å²) in [6.07, 6.45) is 3.33. The van der Waals surface area contributed by atoms with Crippen LogP contribution >= 0.6 is 11.3 Å². The molecule has 0 spiro atoms. The van der Waals surface area contributed by atoms with Gasteiger partial charge in [0.15, 0.2) is 0 Å². The summed E-state index contributed by atoms with van der Waals surface area (Å²) in [6.45, 7) is 1.96. The van der Waals surface area contributed by atoms with Crippen molar-refractivity contribution in [1.29, 1.82) is 0 Å². The van der Waals surface area contributed by atoms with Gasteiger partial charge in [0.2, 0.25) is 5.13 Å². The molecule has 82 valence electrons. The van der Waals surface area contributed by atoms with Crippen LogP contribution in [-0.4, -0.2) is 29.1 Å². The van der Waals surface area contributed by atoms with Crippen molar-refractivity contribution in [2.24, 2.45) is 0 Å². The number of aryl methyl sites for hydroxylation is 1. The SMILES string of the molecule is Cc1nnc(N(C)C2CCC(=O)CC2)s1. The van der Waals surface area contributed by atoms with E-state index in [0.29, 0.717) is 24.7 Å². The second kappa shape index (κ2) is 4.26. The van der Waals surface area contributed by atoms with E-state index in [1.807, 2.05) is 14.0 Å². The van der Waals surface area contributed by atoms with Gasteiger partial charge in [-0.3, -0.25) is 4.79 Å². The number of anilines is 1. The molecule has 1 aliphatic rings. The lowest BCUT2D eigenvalue weighted by molar-refractivity contribution is -0.120. The molecule has 0 aromatic carbocycles. The average Bonchev–Trinajstić information content (AvgIpc) is 2.65. The molecule has 5 heteroatoms. The Morgan fingerprint density at radius 2 is 2.00 bits per heavy atom. The molecule has 0 saturated heterocycles. The topological polar surface area (TPSA) is 46.1 Å². The van der Waals surface area contributed by atoms with Crippen LogP contribution in [0.2, 0.25) is 0 Å². The summed E-state index contributed by atoms with van der Waals surface area (Å²) >= 11 is 1.61. The van der Waals surface area contributed by atoms with Crippen molar-refractivity contribution < 1.29 is 4.79 Å². The van der Waals surface area contributed by atoms with Crippen LogP contribution in [0.5, 0.6) is 0 Å². The van der Waals surface area contributed by atoms with Gasteiger partial charge < -0.3 is 4.90 Å². The van der Waals surface area contributed by atoms with Gasteiger partial charge in [0.25, 0.3) is 0 Å². The molecular formula is C10H15N3OS. The molecule has 1 saturated carbocycles. The second-order valence-corrected chi connectivity index (χ2v) is 5.14. The van der Waals surface area contributed by atoms with Crippen molar-refractivity contribution in [3.63, 3.8) is 0 Å². The number of hydrogen-bond acceptors (Lipinski definition) is 5. The first-order valence-electron chi connectivity index (χ1n) is 5.21. The predicted molar refractivity (Wildman–Crippen MR) is 60.3 cm³/mol. The molecule has 15 heavy (non-hydrogen) atoms. The van der Waals surface area contributed by atoms with Crippen LogP contribution in [0.4, 0.5) is 5.13 Å². The van der Waals surface area contributed by atoms with Crippen LogP contribution in [-0.2, 0) is 4.79 Å². The van der Waals surface area contributed by atoms with E-state index < -0.39 is 0 Å². The molecule has 1 aliphatic carbocycles. The Balaban J connectivity index is 2.02. The number of Topliss-reactive ketones (excluding diaryl/α,β-unsaturated/α-hetero) is 1. The Hall–Kier alpha value is -0.970. The fourth-order valence-corrected chi connectivity index (χ4v) is 2.62. The Kier molecular flexibility index (Phi) is 3.00. The van der Waals surface area contributed by atoms with Crippen LogP contribution in [0.25, 0.3) is 0 Å². The summed E-state index contributed by atoms with van der Waals surface area (Å²) in [5, 5.41) is 10.1. The third-order valence-electron chi connectivity index (χ3n) is 2.88. The van der Waals surface area contributed by atoms with Crippen LogP contribution in [0, 0.1) is 6.92 Å². The zero-order valence-electron chi connectivity index (χ0n) is 9.06. The Morgan fingerprint density at radius 1 is 1.33 bits per heavy atom. The first kappa shape index (κ1) is 10.5. The van der Waals surface area contributed by atoms with Crippen molar-refractivity contribution in [1.82, 2.24) is 10.2 Å². The van der Waals surface area contributed by atoms with Gasteiger partial charge in [-0.15, -0.1) is 10.2 Å². The molecule has 0 atom stereocenters. The zero-order chi connectivity index (χ0) is 10.8. The smallest absolute Gasteiger partial charge is 0.208 e. The molecule has 1 fully saturated rings. The van der Waals surface area contributed by atoms with Crippen LogP contribution in [0.1, 0.15) is 30.7 Å². The van der Waals surface area contributed by atoms with Gasteiger partial charge in [0.05, 0.1) is 0 Å². The molecule has 0 aliphatic heterocycles. The first-order chi connectivity index (χ1) is 7.16. The van der Waals surface area contributed by atoms with E-state index in [1.165, 1.54) is 0 Å². The largest absolute Gasteiger partial charge is 0.347 e. The van der Waals surface area contributed by atoms with Gasteiger partial charge in [-0.2, -0.15) is 0 Å². The summed E-state index contributed by atoms with van der Waals surface area (Å²) in [5.41, 5.74) is 0. The van der Waals surface area contributed by atoms with Crippen molar-refractivity contribution >= 4 is 22.3 Å². The van der Waals surface area contributed by atoms with Crippen LogP contribution in [0.3, 0.4) is 0 Å². The Morgan fingerprint density at radius 3 is 2.53 bits per heavy atom. The lowest BCUT2D eigenvalue weighted by atomic mass is 9.94. The predicted octanol–water partition coefficient (Wildman–Crippen LogP) is 1.79. The minimum Gasteiger partial charge on any atom is -0.347 e. The highest BCUT2D eigenvalue weighted by Gasteiger charge is 2.23. The van der Waals surface area contributed by atoms with Crippen molar-refractivity contribution in [3.8, 4) is 0 Å². The second-order valence-electron chi connectivity index (χ2n) is 3.98. The number of hydrogen-bond donors (Lipinski definition) is 0. The first-order valence-corrected chi connectivity index (χ1v) is 6.03. The van der Waals surface area contributed by atoms with Gasteiger partial charge in [-0.25, -0.2) is 0 Å². The molecule has 2 rings (SSSR count). The van der Waals surface area contributed by atoms with Gasteiger partial charge in [-0.05, 0) is 19.8 Å². The van der Waals surface area contributed by atoms with Crippen molar-refractivity contribution in [2.75, 3.05) is 11.9 Å². The van der Waals surface area contributed by atoms with Crippen molar-refractivity contribution in [3.05, 3.63) is 5.01 Å². The summed E-state index contributed by atoms with van der Waals surface area (Å²) in [5.74, 6) is 0.396. The number of carbonyl (C=O) groups excluding carboxylic acids is 1. The van der Waals surface area contributed by atoms with E-state index >= 15 is 0 Å². The minimum absolute atomic E-state index is 0.396. The molecule has 0 bridgehead atoms. The number of nitrogens with zero attached hydrogens (tertiary/aromatic N) is 3. The summed E-state index contributed by atoms with van der Waals surface area (Å²) in [6, 6.07) is 0.454. The minimum atomic E-state index is 0.396. The molecule has 0 radical (unpaired) electrons. The van der Waals surface area contributed by atoms with E-state index in [0.717, 1.165) is 23.0 Å². The normalized spacial score (nSPS) is 18.1. The van der Waals surface area contributed by atoms with E-state index in [1.54, 1.807) is 11.3 Å². The maximum Gasteiger partial charge on any atom is 0.208 e. The fraction of sp³-hybridized carbons (Fsp3) is 0.700.